The second-order valence-electron chi connectivity index (χ2n) is 3.57. The van der Waals surface area contributed by atoms with Crippen molar-refractivity contribution in [3.8, 4) is 0 Å². The second kappa shape index (κ2) is 4.09. The predicted molar refractivity (Wildman–Crippen MR) is 45.4 cm³/mol. The number of aliphatic hydroxyl groups excluding tert-OH is 3. The smallest absolute Gasteiger partial charge is 0.186 e. The molecule has 0 aromatic heterocycles. The summed E-state index contributed by atoms with van der Waals surface area (Å²) in [4.78, 5) is 0. The van der Waals surface area contributed by atoms with Gasteiger partial charge in [-0.2, -0.15) is 0 Å². The van der Waals surface area contributed by atoms with E-state index in [2.05, 4.69) is 0 Å². The first-order valence-corrected chi connectivity index (χ1v) is 4.32. The molecule has 0 aromatic carbocycles. The first kappa shape index (κ1) is 11.8. The van der Waals surface area contributed by atoms with E-state index in [9.17, 15) is 15.3 Å². The molecule has 1 aliphatic rings. The van der Waals surface area contributed by atoms with Gasteiger partial charge < -0.3 is 29.9 Å². The van der Waals surface area contributed by atoms with E-state index in [1.807, 2.05) is 0 Å². The van der Waals surface area contributed by atoms with Crippen LogP contribution in [0.25, 0.3) is 0 Å². The van der Waals surface area contributed by atoms with Gasteiger partial charge in [-0.15, -0.1) is 0 Å². The Bertz CT molecular complexity index is 190. The lowest BCUT2D eigenvalue weighted by Crippen LogP contribution is -2.65. The first-order valence-electron chi connectivity index (χ1n) is 4.32. The van der Waals surface area contributed by atoms with Gasteiger partial charge in [0.05, 0.1) is 6.61 Å². The Balaban J connectivity index is 2.83. The van der Waals surface area contributed by atoms with Gasteiger partial charge in [-0.3, -0.25) is 0 Å². The monoisotopic (exact) mass is 208 g/mol. The normalized spacial score (nSPS) is 49.3. The Labute approximate surface area is 81.7 Å². The van der Waals surface area contributed by atoms with Gasteiger partial charge in [0.25, 0.3) is 0 Å². The van der Waals surface area contributed by atoms with Crippen LogP contribution >= 0.6 is 0 Å². The molecule has 6 heteroatoms. The summed E-state index contributed by atoms with van der Waals surface area (Å²) in [6.07, 6.45) is -4.77. The topological polar surface area (TPSA) is 99.4 Å². The predicted octanol–water partition coefficient (Wildman–Crippen LogP) is -2.18. The Kier molecular flexibility index (Phi) is 3.46. The van der Waals surface area contributed by atoms with E-state index in [0.717, 1.165) is 0 Å². The van der Waals surface area contributed by atoms with Crippen LogP contribution in [0.3, 0.4) is 0 Å². The van der Waals surface area contributed by atoms with Crippen molar-refractivity contribution in [1.82, 2.24) is 0 Å². The fourth-order valence-electron chi connectivity index (χ4n) is 1.49. The van der Waals surface area contributed by atoms with Gasteiger partial charge in [-0.25, -0.2) is 0 Å². The largest absolute Gasteiger partial charge is 0.394 e. The molecule has 4 N–H and O–H groups in total. The highest BCUT2D eigenvalue weighted by Gasteiger charge is 2.51. The summed E-state index contributed by atoms with van der Waals surface area (Å²) >= 11 is 0. The lowest BCUT2D eigenvalue weighted by atomic mass is 9.86. The van der Waals surface area contributed by atoms with E-state index in [1.54, 1.807) is 0 Å². The summed E-state index contributed by atoms with van der Waals surface area (Å²) in [5.41, 5.74) is -1.69. The molecule has 0 saturated carbocycles. The Hall–Kier alpha value is -0.240. The maximum absolute atomic E-state index is 9.74. The highest BCUT2D eigenvalue weighted by atomic mass is 16.7. The van der Waals surface area contributed by atoms with Gasteiger partial charge in [-0.05, 0) is 6.92 Å². The number of hydrogen-bond acceptors (Lipinski definition) is 6. The minimum atomic E-state index is -1.69. The second-order valence-corrected chi connectivity index (χ2v) is 3.57. The SMILES string of the molecule is CO[C@H]1O[C@H](CO)[C@@](C)(O)[C@H](O)[C@H]1O. The van der Waals surface area contributed by atoms with Crippen molar-refractivity contribution in [3.05, 3.63) is 0 Å². The quantitative estimate of drug-likeness (QED) is 0.412. The molecular weight excluding hydrogens is 192 g/mol. The third-order valence-corrected chi connectivity index (χ3v) is 2.55. The molecule has 0 aromatic rings. The van der Waals surface area contributed by atoms with E-state index in [4.69, 9.17) is 14.6 Å². The van der Waals surface area contributed by atoms with Crippen molar-refractivity contribution in [3.63, 3.8) is 0 Å². The van der Waals surface area contributed by atoms with Crippen LogP contribution < -0.4 is 0 Å². The number of hydrogen-bond donors (Lipinski definition) is 4. The average Bonchev–Trinajstić information content (AvgIpc) is 2.15. The van der Waals surface area contributed by atoms with Crippen molar-refractivity contribution < 1.29 is 29.9 Å². The Morgan fingerprint density at radius 2 is 2.00 bits per heavy atom. The third kappa shape index (κ3) is 1.77. The van der Waals surface area contributed by atoms with Crippen molar-refractivity contribution in [2.24, 2.45) is 0 Å². The molecule has 0 bridgehead atoms. The summed E-state index contributed by atoms with van der Waals surface area (Å²) < 4.78 is 9.80. The molecule has 1 saturated heterocycles. The third-order valence-electron chi connectivity index (χ3n) is 2.55. The van der Waals surface area contributed by atoms with E-state index >= 15 is 0 Å². The zero-order valence-electron chi connectivity index (χ0n) is 8.12. The van der Waals surface area contributed by atoms with Crippen molar-refractivity contribution >= 4 is 0 Å². The molecule has 1 heterocycles. The van der Waals surface area contributed by atoms with Gasteiger partial charge in [0.15, 0.2) is 6.29 Å². The van der Waals surface area contributed by atoms with E-state index in [1.165, 1.54) is 14.0 Å². The van der Waals surface area contributed by atoms with Gasteiger partial charge >= 0.3 is 0 Å². The molecule has 0 aliphatic carbocycles. The van der Waals surface area contributed by atoms with Crippen LogP contribution in [0.15, 0.2) is 0 Å². The fraction of sp³-hybridized carbons (Fsp3) is 1.00. The van der Waals surface area contributed by atoms with Crippen LogP contribution in [0, 0.1) is 0 Å². The molecule has 1 aliphatic heterocycles. The number of rotatable bonds is 2. The summed E-state index contributed by atoms with van der Waals surface area (Å²) in [6.45, 7) is 0.824. The molecule has 84 valence electrons. The van der Waals surface area contributed by atoms with Crippen LogP contribution in [-0.4, -0.2) is 64.3 Å². The highest BCUT2D eigenvalue weighted by molar-refractivity contribution is 4.98. The summed E-state index contributed by atoms with van der Waals surface area (Å²) in [5.74, 6) is 0. The maximum Gasteiger partial charge on any atom is 0.186 e. The van der Waals surface area contributed by atoms with Gasteiger partial charge in [-0.1, -0.05) is 0 Å². The number of ether oxygens (including phenoxy) is 2. The molecule has 0 radical (unpaired) electrons. The van der Waals surface area contributed by atoms with Crippen molar-refractivity contribution in [2.45, 2.75) is 37.1 Å². The average molecular weight is 208 g/mol. The van der Waals surface area contributed by atoms with Gasteiger partial charge in [0.2, 0.25) is 0 Å². The number of aliphatic hydroxyl groups is 4. The fourth-order valence-corrected chi connectivity index (χ4v) is 1.49. The molecule has 0 spiro atoms. The van der Waals surface area contributed by atoms with E-state index in [0.29, 0.717) is 0 Å². The molecular formula is C8H16O6. The molecule has 1 rings (SSSR count). The molecule has 5 atom stereocenters. The summed E-state index contributed by atoms with van der Waals surface area (Å²) in [5, 5.41) is 37.6. The highest BCUT2D eigenvalue weighted by Crippen LogP contribution is 2.29. The zero-order valence-corrected chi connectivity index (χ0v) is 8.12. The lowest BCUT2D eigenvalue weighted by molar-refractivity contribution is -0.322. The van der Waals surface area contributed by atoms with Crippen LogP contribution in [0.1, 0.15) is 6.92 Å². The number of methoxy groups -OCH3 is 1. The van der Waals surface area contributed by atoms with E-state index < -0.39 is 36.8 Å². The summed E-state index contributed by atoms with van der Waals surface area (Å²) in [6, 6.07) is 0. The van der Waals surface area contributed by atoms with Gasteiger partial charge in [0.1, 0.15) is 23.9 Å². The van der Waals surface area contributed by atoms with Crippen LogP contribution in [-0.2, 0) is 9.47 Å². The van der Waals surface area contributed by atoms with Gasteiger partial charge in [0, 0.05) is 7.11 Å². The lowest BCUT2D eigenvalue weighted by Gasteiger charge is -2.45. The molecule has 0 amide bonds. The molecule has 1 fully saturated rings. The first-order chi connectivity index (χ1) is 6.45. The zero-order chi connectivity index (χ0) is 10.9. The molecule has 0 unspecified atom stereocenters. The van der Waals surface area contributed by atoms with Crippen LogP contribution in [0.2, 0.25) is 0 Å². The Morgan fingerprint density at radius 3 is 2.43 bits per heavy atom. The van der Waals surface area contributed by atoms with Crippen molar-refractivity contribution in [2.75, 3.05) is 13.7 Å². The maximum atomic E-state index is 9.74. The molecule has 14 heavy (non-hydrogen) atoms. The van der Waals surface area contributed by atoms with Crippen LogP contribution in [0.4, 0.5) is 0 Å². The van der Waals surface area contributed by atoms with Crippen molar-refractivity contribution in [1.29, 1.82) is 0 Å². The molecule has 6 nitrogen and oxygen atoms in total. The van der Waals surface area contributed by atoms with Crippen LogP contribution in [0.5, 0.6) is 0 Å². The minimum absolute atomic E-state index is 0.462. The standard InChI is InChI=1S/C8H16O6/c1-8(12)4(3-9)14-7(13-2)5(10)6(8)11/h4-7,9-12H,3H2,1-2H3/t4-,5-,6-,7+,8-/m1/s1. The Morgan fingerprint density at radius 1 is 1.43 bits per heavy atom. The summed E-state index contributed by atoms with van der Waals surface area (Å²) in [7, 11) is 1.30. The van der Waals surface area contributed by atoms with E-state index in [-0.39, 0.29) is 0 Å². The minimum Gasteiger partial charge on any atom is -0.394 e.